The maximum atomic E-state index is 11.8. The summed E-state index contributed by atoms with van der Waals surface area (Å²) in [6, 6.07) is 3.21. The first-order valence-corrected chi connectivity index (χ1v) is 7.64. The number of hydrogen-bond donors (Lipinski definition) is 2. The molecular formula is C16H24N2O5. The predicted molar refractivity (Wildman–Crippen MR) is 86.1 cm³/mol. The van der Waals surface area contributed by atoms with Crippen molar-refractivity contribution in [1.82, 2.24) is 5.32 Å². The van der Waals surface area contributed by atoms with E-state index in [1.54, 1.807) is 12.1 Å². The lowest BCUT2D eigenvalue weighted by molar-refractivity contribution is 0.0258. The van der Waals surface area contributed by atoms with Gasteiger partial charge >= 0.3 is 5.97 Å². The second-order valence-corrected chi connectivity index (χ2v) is 5.28. The summed E-state index contributed by atoms with van der Waals surface area (Å²) >= 11 is 0. The fourth-order valence-electron chi connectivity index (χ4n) is 2.55. The third kappa shape index (κ3) is 4.05. The first-order chi connectivity index (χ1) is 11.1. The minimum atomic E-state index is -0.512. The highest BCUT2D eigenvalue weighted by Crippen LogP contribution is 2.34. The molecular weight excluding hydrogens is 300 g/mol. The first kappa shape index (κ1) is 17.4. The van der Waals surface area contributed by atoms with Crippen molar-refractivity contribution >= 4 is 11.7 Å². The molecule has 7 heteroatoms. The van der Waals surface area contributed by atoms with Crippen molar-refractivity contribution in [3.8, 4) is 11.5 Å². The van der Waals surface area contributed by atoms with E-state index < -0.39 is 5.97 Å². The van der Waals surface area contributed by atoms with E-state index in [9.17, 15) is 4.79 Å². The Morgan fingerprint density at radius 3 is 2.78 bits per heavy atom. The SMILES string of the molecule is CCC(Oc1cc(C(=O)OC)c(N)cc1OC)C1COCCN1. The molecule has 1 aromatic carbocycles. The van der Waals surface area contributed by atoms with Crippen LogP contribution in [0.4, 0.5) is 5.69 Å². The molecule has 1 aliphatic heterocycles. The average molecular weight is 324 g/mol. The van der Waals surface area contributed by atoms with Crippen molar-refractivity contribution in [2.24, 2.45) is 0 Å². The van der Waals surface area contributed by atoms with Crippen molar-refractivity contribution in [2.45, 2.75) is 25.5 Å². The largest absolute Gasteiger partial charge is 0.493 e. The molecule has 0 aromatic heterocycles. The number of carbonyl (C=O) groups is 1. The third-order valence-corrected chi connectivity index (χ3v) is 3.82. The minimum absolute atomic E-state index is 0.0811. The molecule has 2 unspecified atom stereocenters. The summed E-state index contributed by atoms with van der Waals surface area (Å²) in [4.78, 5) is 11.8. The van der Waals surface area contributed by atoms with Crippen LogP contribution in [-0.2, 0) is 9.47 Å². The van der Waals surface area contributed by atoms with Gasteiger partial charge in [0.2, 0.25) is 0 Å². The van der Waals surface area contributed by atoms with Crippen LogP contribution >= 0.6 is 0 Å². The van der Waals surface area contributed by atoms with Gasteiger partial charge in [0.25, 0.3) is 0 Å². The topological polar surface area (TPSA) is 92.0 Å². The van der Waals surface area contributed by atoms with Crippen molar-refractivity contribution in [2.75, 3.05) is 39.7 Å². The Hall–Kier alpha value is -1.99. The third-order valence-electron chi connectivity index (χ3n) is 3.82. The Bertz CT molecular complexity index is 544. The van der Waals surface area contributed by atoms with Crippen LogP contribution in [-0.4, -0.2) is 52.1 Å². The van der Waals surface area contributed by atoms with E-state index in [-0.39, 0.29) is 23.4 Å². The molecule has 1 aliphatic rings. The summed E-state index contributed by atoms with van der Waals surface area (Å²) in [7, 11) is 2.84. The minimum Gasteiger partial charge on any atom is -0.493 e. The van der Waals surface area contributed by atoms with Gasteiger partial charge in [-0.05, 0) is 6.42 Å². The van der Waals surface area contributed by atoms with Crippen molar-refractivity contribution in [1.29, 1.82) is 0 Å². The average Bonchev–Trinajstić information content (AvgIpc) is 2.60. The second kappa shape index (κ2) is 8.03. The summed E-state index contributed by atoms with van der Waals surface area (Å²) in [5, 5.41) is 3.38. The van der Waals surface area contributed by atoms with Crippen LogP contribution in [0.1, 0.15) is 23.7 Å². The quantitative estimate of drug-likeness (QED) is 0.600. The number of anilines is 1. The normalized spacial score (nSPS) is 19.0. The number of carbonyl (C=O) groups excluding carboxylic acids is 1. The zero-order valence-electron chi connectivity index (χ0n) is 13.8. The summed E-state index contributed by atoms with van der Waals surface area (Å²) in [6.07, 6.45) is 0.667. The van der Waals surface area contributed by atoms with E-state index in [4.69, 9.17) is 24.7 Å². The van der Waals surface area contributed by atoms with Gasteiger partial charge in [-0.2, -0.15) is 0 Å². The van der Waals surface area contributed by atoms with E-state index in [0.717, 1.165) is 13.0 Å². The number of rotatable bonds is 6. The van der Waals surface area contributed by atoms with Crippen LogP contribution in [0.2, 0.25) is 0 Å². The molecule has 1 heterocycles. The molecule has 0 amide bonds. The Labute approximate surface area is 136 Å². The van der Waals surface area contributed by atoms with Gasteiger partial charge in [0.05, 0.1) is 44.7 Å². The summed E-state index contributed by atoms with van der Waals surface area (Å²) in [6.45, 7) is 4.10. The number of benzene rings is 1. The number of esters is 1. The monoisotopic (exact) mass is 324 g/mol. The number of ether oxygens (including phenoxy) is 4. The zero-order valence-corrected chi connectivity index (χ0v) is 13.8. The second-order valence-electron chi connectivity index (χ2n) is 5.28. The molecule has 0 saturated carbocycles. The van der Waals surface area contributed by atoms with Gasteiger partial charge in [0, 0.05) is 18.7 Å². The van der Waals surface area contributed by atoms with Crippen LogP contribution in [0.3, 0.4) is 0 Å². The summed E-state index contributed by atoms with van der Waals surface area (Å²) in [5.41, 5.74) is 6.42. The molecule has 1 aromatic rings. The highest BCUT2D eigenvalue weighted by atomic mass is 16.5. The fourth-order valence-corrected chi connectivity index (χ4v) is 2.55. The molecule has 1 fully saturated rings. The standard InChI is InChI=1S/C16H24N2O5/c1-4-13(12-9-22-6-5-18-12)23-15-7-10(16(19)21-3)11(17)8-14(15)20-2/h7-8,12-13,18H,4-6,9,17H2,1-3H3. The lowest BCUT2D eigenvalue weighted by Crippen LogP contribution is -2.50. The van der Waals surface area contributed by atoms with Crippen LogP contribution < -0.4 is 20.5 Å². The molecule has 0 radical (unpaired) electrons. The van der Waals surface area contributed by atoms with Gasteiger partial charge in [0.1, 0.15) is 6.10 Å². The molecule has 1 saturated heterocycles. The number of nitrogens with one attached hydrogen (secondary N) is 1. The molecule has 2 rings (SSSR count). The predicted octanol–water partition coefficient (Wildman–Crippen LogP) is 1.21. The van der Waals surface area contributed by atoms with Gasteiger partial charge < -0.3 is 30.0 Å². The Morgan fingerprint density at radius 1 is 1.43 bits per heavy atom. The van der Waals surface area contributed by atoms with Gasteiger partial charge in [-0.1, -0.05) is 6.92 Å². The maximum Gasteiger partial charge on any atom is 0.340 e. The first-order valence-electron chi connectivity index (χ1n) is 7.64. The van der Waals surface area contributed by atoms with Crippen LogP contribution in [0.5, 0.6) is 11.5 Å². The molecule has 0 spiro atoms. The Balaban J connectivity index is 2.26. The highest BCUT2D eigenvalue weighted by molar-refractivity contribution is 5.96. The van der Waals surface area contributed by atoms with Gasteiger partial charge in [-0.15, -0.1) is 0 Å². The lowest BCUT2D eigenvalue weighted by atomic mass is 10.1. The number of nitrogens with two attached hydrogens (primary N) is 1. The highest BCUT2D eigenvalue weighted by Gasteiger charge is 2.26. The molecule has 0 bridgehead atoms. The van der Waals surface area contributed by atoms with Gasteiger partial charge in [0.15, 0.2) is 11.5 Å². The number of methoxy groups -OCH3 is 2. The van der Waals surface area contributed by atoms with Crippen LogP contribution in [0, 0.1) is 0 Å². The van der Waals surface area contributed by atoms with Crippen molar-refractivity contribution in [3.63, 3.8) is 0 Å². The smallest absolute Gasteiger partial charge is 0.340 e. The number of morpholine rings is 1. The van der Waals surface area contributed by atoms with E-state index >= 15 is 0 Å². The Morgan fingerprint density at radius 2 is 2.22 bits per heavy atom. The molecule has 0 aliphatic carbocycles. The zero-order chi connectivity index (χ0) is 16.8. The molecule has 7 nitrogen and oxygen atoms in total. The number of nitrogen functional groups attached to an aromatic ring is 1. The van der Waals surface area contributed by atoms with E-state index in [2.05, 4.69) is 5.32 Å². The van der Waals surface area contributed by atoms with Crippen molar-refractivity contribution < 1.29 is 23.7 Å². The molecule has 23 heavy (non-hydrogen) atoms. The van der Waals surface area contributed by atoms with E-state index in [0.29, 0.717) is 24.7 Å². The molecule has 128 valence electrons. The summed E-state index contributed by atoms with van der Waals surface area (Å²) < 4.78 is 21.6. The van der Waals surface area contributed by atoms with Crippen LogP contribution in [0.15, 0.2) is 12.1 Å². The lowest BCUT2D eigenvalue weighted by Gasteiger charge is -2.31. The van der Waals surface area contributed by atoms with Crippen molar-refractivity contribution in [3.05, 3.63) is 17.7 Å². The Kier molecular flexibility index (Phi) is 6.06. The maximum absolute atomic E-state index is 11.8. The van der Waals surface area contributed by atoms with E-state index in [1.165, 1.54) is 14.2 Å². The van der Waals surface area contributed by atoms with Gasteiger partial charge in [-0.25, -0.2) is 4.79 Å². The molecule has 2 atom stereocenters. The van der Waals surface area contributed by atoms with Gasteiger partial charge in [-0.3, -0.25) is 0 Å². The van der Waals surface area contributed by atoms with E-state index in [1.807, 2.05) is 6.92 Å². The molecule has 3 N–H and O–H groups in total. The van der Waals surface area contributed by atoms with Crippen LogP contribution in [0.25, 0.3) is 0 Å². The fraction of sp³-hybridized carbons (Fsp3) is 0.562. The summed E-state index contributed by atoms with van der Waals surface area (Å²) in [5.74, 6) is 0.425. The number of hydrogen-bond acceptors (Lipinski definition) is 7.